The van der Waals surface area contributed by atoms with E-state index in [2.05, 4.69) is 16.4 Å². The Morgan fingerprint density at radius 3 is 2.79 bits per heavy atom. The first-order chi connectivity index (χ1) is 11.6. The monoisotopic (exact) mass is 327 g/mol. The van der Waals surface area contributed by atoms with E-state index in [9.17, 15) is 10.1 Å². The number of hydrogen-bond donors (Lipinski definition) is 1. The number of nitriles is 1. The second-order valence-electron chi connectivity index (χ2n) is 5.44. The third-order valence-electron chi connectivity index (χ3n) is 3.98. The van der Waals surface area contributed by atoms with Gasteiger partial charge in [0.1, 0.15) is 0 Å². The molecule has 0 aliphatic carbocycles. The Morgan fingerprint density at radius 2 is 2.21 bits per heavy atom. The number of rotatable bonds is 5. The quantitative estimate of drug-likeness (QED) is 0.837. The van der Waals surface area contributed by atoms with E-state index in [0.29, 0.717) is 29.0 Å². The highest BCUT2D eigenvalue weighted by atomic mass is 16.5. The lowest BCUT2D eigenvalue weighted by Crippen LogP contribution is -2.29. The minimum atomic E-state index is -0.561. The van der Waals surface area contributed by atoms with Gasteiger partial charge in [-0.15, -0.1) is 0 Å². The van der Waals surface area contributed by atoms with Crippen LogP contribution in [0.5, 0.6) is 5.88 Å². The third-order valence-corrected chi connectivity index (χ3v) is 3.98. The summed E-state index contributed by atoms with van der Waals surface area (Å²) >= 11 is 0. The number of ether oxygens (including phenoxy) is 2. The summed E-state index contributed by atoms with van der Waals surface area (Å²) in [7, 11) is 2.86. The normalized spacial score (nSPS) is 17.2. The molecule has 2 rings (SSSR count). The summed E-state index contributed by atoms with van der Waals surface area (Å²) < 4.78 is 10.3. The first kappa shape index (κ1) is 17.5. The van der Waals surface area contributed by atoms with E-state index in [4.69, 9.17) is 9.47 Å². The molecule has 1 N–H and O–H groups in total. The molecule has 1 aliphatic heterocycles. The summed E-state index contributed by atoms with van der Waals surface area (Å²) in [6.07, 6.45) is 3.15. The summed E-state index contributed by atoms with van der Waals surface area (Å²) in [5.74, 6) is -0.627. The van der Waals surface area contributed by atoms with Gasteiger partial charge in [0.05, 0.1) is 37.4 Å². The largest absolute Gasteiger partial charge is 0.481 e. The highest BCUT2D eigenvalue weighted by molar-refractivity contribution is 5.93. The van der Waals surface area contributed by atoms with Gasteiger partial charge in [-0.3, -0.25) is 0 Å². The minimum absolute atomic E-state index is 0.391. The van der Waals surface area contributed by atoms with E-state index in [1.807, 2.05) is 19.9 Å². The summed E-state index contributed by atoms with van der Waals surface area (Å²) in [5.41, 5.74) is 3.07. The van der Waals surface area contributed by atoms with Crippen LogP contribution in [0.1, 0.15) is 38.2 Å². The molecule has 0 saturated heterocycles. The van der Waals surface area contributed by atoms with Crippen LogP contribution in [0, 0.1) is 11.3 Å². The summed E-state index contributed by atoms with van der Waals surface area (Å²) in [5, 5.41) is 12.9. The highest BCUT2D eigenvalue weighted by Crippen LogP contribution is 2.41. The van der Waals surface area contributed by atoms with E-state index in [1.165, 1.54) is 14.2 Å². The first-order valence-electron chi connectivity index (χ1n) is 7.77. The number of methoxy groups -OCH3 is 2. The standard InChI is InChI=1S/C18H21N3O3/c1-5-7-14-16(18(22)24-4)15(13(10-19)11(2)21-14)12-8-6-9-20-17(12)23-3/h6,8-9,15,21H,5,7H2,1-4H3. The van der Waals surface area contributed by atoms with Gasteiger partial charge in [0.2, 0.25) is 5.88 Å². The Balaban J connectivity index is 2.74. The van der Waals surface area contributed by atoms with E-state index in [-0.39, 0.29) is 0 Å². The Hall–Kier alpha value is -2.81. The van der Waals surface area contributed by atoms with Crippen LogP contribution in [-0.4, -0.2) is 25.2 Å². The number of esters is 1. The molecule has 126 valence electrons. The van der Waals surface area contributed by atoms with E-state index >= 15 is 0 Å². The zero-order chi connectivity index (χ0) is 17.7. The van der Waals surface area contributed by atoms with Crippen LogP contribution in [0.3, 0.4) is 0 Å². The SMILES string of the molecule is CCCC1=C(C(=O)OC)C(c2cccnc2OC)C(C#N)=C(C)N1. The molecule has 1 atom stereocenters. The van der Waals surface area contributed by atoms with Crippen LogP contribution in [0.2, 0.25) is 0 Å². The van der Waals surface area contributed by atoms with Crippen molar-refractivity contribution in [1.82, 2.24) is 10.3 Å². The summed E-state index contributed by atoms with van der Waals surface area (Å²) in [6.45, 7) is 3.86. The molecule has 1 aromatic heterocycles. The third kappa shape index (κ3) is 3.11. The molecule has 1 aromatic rings. The second-order valence-corrected chi connectivity index (χ2v) is 5.44. The van der Waals surface area contributed by atoms with E-state index in [0.717, 1.165) is 17.8 Å². The van der Waals surface area contributed by atoms with Gasteiger partial charge >= 0.3 is 5.97 Å². The molecule has 0 bridgehead atoms. The van der Waals surface area contributed by atoms with Crippen molar-refractivity contribution in [3.63, 3.8) is 0 Å². The molecule has 24 heavy (non-hydrogen) atoms. The van der Waals surface area contributed by atoms with Gasteiger partial charge in [0.25, 0.3) is 0 Å². The van der Waals surface area contributed by atoms with E-state index in [1.54, 1.807) is 12.3 Å². The molecule has 0 fully saturated rings. The van der Waals surface area contributed by atoms with Crippen molar-refractivity contribution < 1.29 is 14.3 Å². The van der Waals surface area contributed by atoms with Gasteiger partial charge in [-0.1, -0.05) is 19.4 Å². The Morgan fingerprint density at radius 1 is 1.46 bits per heavy atom. The Labute approximate surface area is 141 Å². The topological polar surface area (TPSA) is 84.2 Å². The van der Waals surface area contributed by atoms with Crippen molar-refractivity contribution >= 4 is 5.97 Å². The average molecular weight is 327 g/mol. The Bertz CT molecular complexity index is 744. The highest BCUT2D eigenvalue weighted by Gasteiger charge is 2.36. The number of pyridine rings is 1. The van der Waals surface area contributed by atoms with Gasteiger partial charge in [-0.2, -0.15) is 5.26 Å². The lowest BCUT2D eigenvalue weighted by atomic mass is 9.80. The number of dihydropyridines is 1. The molecule has 1 unspecified atom stereocenters. The summed E-state index contributed by atoms with van der Waals surface area (Å²) in [6, 6.07) is 5.80. The van der Waals surface area contributed by atoms with Crippen molar-refractivity contribution in [2.75, 3.05) is 14.2 Å². The molecular weight excluding hydrogens is 306 g/mol. The molecule has 0 amide bonds. The molecule has 0 spiro atoms. The number of carbonyl (C=O) groups excluding carboxylic acids is 1. The second kappa shape index (κ2) is 7.64. The first-order valence-corrected chi connectivity index (χ1v) is 7.77. The van der Waals surface area contributed by atoms with Crippen molar-refractivity contribution in [2.24, 2.45) is 0 Å². The lowest BCUT2D eigenvalue weighted by molar-refractivity contribution is -0.136. The molecular formula is C18H21N3O3. The number of aromatic nitrogens is 1. The van der Waals surface area contributed by atoms with Crippen molar-refractivity contribution in [1.29, 1.82) is 5.26 Å². The zero-order valence-electron chi connectivity index (χ0n) is 14.3. The van der Waals surface area contributed by atoms with Gasteiger partial charge in [0.15, 0.2) is 0 Å². The van der Waals surface area contributed by atoms with Crippen LogP contribution >= 0.6 is 0 Å². The molecule has 2 heterocycles. The zero-order valence-corrected chi connectivity index (χ0v) is 14.3. The van der Waals surface area contributed by atoms with Crippen LogP contribution in [0.15, 0.2) is 40.9 Å². The number of nitrogens with one attached hydrogen (secondary N) is 1. The van der Waals surface area contributed by atoms with Crippen LogP contribution < -0.4 is 10.1 Å². The van der Waals surface area contributed by atoms with Crippen molar-refractivity contribution in [3.05, 3.63) is 46.4 Å². The maximum Gasteiger partial charge on any atom is 0.336 e. The average Bonchev–Trinajstić information content (AvgIpc) is 2.60. The summed E-state index contributed by atoms with van der Waals surface area (Å²) in [4.78, 5) is 16.7. The van der Waals surface area contributed by atoms with Crippen molar-refractivity contribution in [3.8, 4) is 11.9 Å². The minimum Gasteiger partial charge on any atom is -0.481 e. The fraction of sp³-hybridized carbons (Fsp3) is 0.389. The van der Waals surface area contributed by atoms with Crippen molar-refractivity contribution in [2.45, 2.75) is 32.6 Å². The van der Waals surface area contributed by atoms with Gasteiger partial charge in [-0.05, 0) is 19.4 Å². The number of allylic oxidation sites excluding steroid dienone is 3. The fourth-order valence-electron chi connectivity index (χ4n) is 2.95. The van der Waals surface area contributed by atoms with Gasteiger partial charge < -0.3 is 14.8 Å². The molecule has 0 saturated carbocycles. The molecule has 6 heteroatoms. The molecule has 0 aromatic carbocycles. The maximum absolute atomic E-state index is 12.5. The smallest absolute Gasteiger partial charge is 0.336 e. The van der Waals surface area contributed by atoms with Gasteiger partial charge in [-0.25, -0.2) is 9.78 Å². The van der Waals surface area contributed by atoms with Gasteiger partial charge in [0, 0.05) is 23.2 Å². The fourth-order valence-corrected chi connectivity index (χ4v) is 2.95. The number of hydrogen-bond acceptors (Lipinski definition) is 6. The van der Waals surface area contributed by atoms with E-state index < -0.39 is 11.9 Å². The molecule has 6 nitrogen and oxygen atoms in total. The molecule has 1 aliphatic rings. The predicted molar refractivity (Wildman–Crippen MR) is 88.9 cm³/mol. The van der Waals surface area contributed by atoms with Crippen LogP contribution in [-0.2, 0) is 9.53 Å². The van der Waals surface area contributed by atoms with Crippen LogP contribution in [0.25, 0.3) is 0 Å². The van der Waals surface area contributed by atoms with Crippen LogP contribution in [0.4, 0.5) is 0 Å². The maximum atomic E-state index is 12.5. The number of nitrogens with zero attached hydrogens (tertiary/aromatic N) is 2. The molecule has 0 radical (unpaired) electrons. The predicted octanol–water partition coefficient (Wildman–Crippen LogP) is 2.80. The Kier molecular flexibility index (Phi) is 5.59. The lowest BCUT2D eigenvalue weighted by Gasteiger charge is -2.30. The number of carbonyl (C=O) groups is 1.